The summed E-state index contributed by atoms with van der Waals surface area (Å²) in [7, 11) is -1.14. The number of fused-ring (bicyclic) bond motifs is 2. The van der Waals surface area contributed by atoms with Crippen molar-refractivity contribution in [3.05, 3.63) is 33.2 Å². The molecule has 4 N–H and O–H groups in total. The molecule has 12 heteroatoms. The summed E-state index contributed by atoms with van der Waals surface area (Å²) >= 11 is 0. The molecule has 2 unspecified atom stereocenters. The van der Waals surface area contributed by atoms with Gasteiger partial charge in [0.15, 0.2) is 0 Å². The number of H-pyrrole nitrogens is 1. The molecular weight excluding hydrogens is 520 g/mol. The number of aromatic amines is 1. The third kappa shape index (κ3) is 10.1. The van der Waals surface area contributed by atoms with E-state index in [0.717, 1.165) is 61.9 Å². The maximum absolute atomic E-state index is 12.0. The summed E-state index contributed by atoms with van der Waals surface area (Å²) in [4.78, 5) is 41.4. The van der Waals surface area contributed by atoms with Crippen molar-refractivity contribution >= 4 is 22.3 Å². The number of likely N-dealkylation sites (N-methyl/N-ethyl adjacent to an activating group) is 1. The Labute approximate surface area is 232 Å². The second kappa shape index (κ2) is 12.6. The quantitative estimate of drug-likeness (QED) is 0.448. The van der Waals surface area contributed by atoms with Crippen LogP contribution in [-0.4, -0.2) is 74.5 Å². The summed E-state index contributed by atoms with van der Waals surface area (Å²) in [6.45, 7) is 14.8. The molecule has 3 aliphatic rings. The molecule has 1 aliphatic carbocycles. The number of nitriles is 1. The number of carbonyl (C=O) groups is 2. The highest BCUT2D eigenvalue weighted by atomic mass is 32.2. The molecule has 1 aromatic heterocycles. The lowest BCUT2D eigenvalue weighted by atomic mass is 9.91. The smallest absolute Gasteiger partial charge is 0.251 e. The van der Waals surface area contributed by atoms with Crippen LogP contribution < -0.4 is 16.0 Å². The minimum Gasteiger partial charge on any atom is -0.343 e. The van der Waals surface area contributed by atoms with Crippen LogP contribution in [0.4, 0.5) is 0 Å². The molecule has 1 saturated heterocycles. The fourth-order valence-electron chi connectivity index (χ4n) is 5.19. The molecule has 0 aromatic carbocycles. The number of hydrogen-bond acceptors (Lipinski definition) is 7. The Morgan fingerprint density at radius 1 is 1.33 bits per heavy atom. The van der Waals surface area contributed by atoms with E-state index in [2.05, 4.69) is 59.9 Å². The zero-order valence-electron chi connectivity index (χ0n) is 24.2. The third-order valence-corrected chi connectivity index (χ3v) is 7.48. The van der Waals surface area contributed by atoms with Crippen molar-refractivity contribution < 1.29 is 18.0 Å². The fourth-order valence-corrected chi connectivity index (χ4v) is 5.19. The van der Waals surface area contributed by atoms with Crippen LogP contribution >= 0.6 is 0 Å². The second-order valence-electron chi connectivity index (χ2n) is 12.7. The Morgan fingerprint density at radius 3 is 2.38 bits per heavy atom. The molecule has 218 valence electrons. The van der Waals surface area contributed by atoms with Gasteiger partial charge in [0.1, 0.15) is 6.04 Å². The van der Waals surface area contributed by atoms with Gasteiger partial charge in [-0.25, -0.2) is 13.6 Å². The Balaban J connectivity index is 0.000000238. The maximum Gasteiger partial charge on any atom is 0.251 e. The molecule has 2 amide bonds. The Kier molecular flexibility index (Phi) is 10.5. The van der Waals surface area contributed by atoms with Crippen LogP contribution in [0.1, 0.15) is 57.9 Å². The average Bonchev–Trinajstić information content (AvgIpc) is 3.11. The number of pyridine rings is 1. The largest absolute Gasteiger partial charge is 0.343 e. The first kappa shape index (κ1) is 32.5. The van der Waals surface area contributed by atoms with Crippen molar-refractivity contribution in [2.75, 3.05) is 32.9 Å². The molecule has 1 aromatic rings. The number of aromatic nitrogens is 1. The zero-order valence-corrected chi connectivity index (χ0v) is 25.0. The number of amides is 2. The highest BCUT2D eigenvalue weighted by molar-refractivity contribution is 7.88. The SMILES string of the molecule is CC(C)(C)CC(=O)N1CC2[C@H](C1)C2(C)C.CN1CCc2[nH]c(=O)c(CC(C#N)NC=O)cc2C1.CS(N)(=O)=O. The van der Waals surface area contributed by atoms with Crippen LogP contribution in [-0.2, 0) is 39.0 Å². The van der Waals surface area contributed by atoms with Crippen LogP contribution in [0.2, 0.25) is 0 Å². The van der Waals surface area contributed by atoms with Gasteiger partial charge >= 0.3 is 0 Å². The lowest BCUT2D eigenvalue weighted by Gasteiger charge is -2.26. The number of hydrogen-bond donors (Lipinski definition) is 3. The van der Waals surface area contributed by atoms with Crippen LogP contribution in [0.15, 0.2) is 10.9 Å². The highest BCUT2D eigenvalue weighted by Crippen LogP contribution is 2.62. The van der Waals surface area contributed by atoms with E-state index in [9.17, 15) is 22.8 Å². The fraction of sp³-hybridized carbons (Fsp3) is 0.704. The van der Waals surface area contributed by atoms with Gasteiger partial charge in [0.05, 0.1) is 12.3 Å². The van der Waals surface area contributed by atoms with E-state index in [1.54, 1.807) is 0 Å². The Hall–Kier alpha value is -2.75. The Bertz CT molecular complexity index is 1220. The number of rotatable bonds is 5. The summed E-state index contributed by atoms with van der Waals surface area (Å²) in [5, 5.41) is 15.6. The normalized spacial score (nSPS) is 22.0. The summed E-state index contributed by atoms with van der Waals surface area (Å²) in [5.74, 6) is 1.91. The molecule has 3 atom stereocenters. The summed E-state index contributed by atoms with van der Waals surface area (Å²) in [6, 6.07) is 3.14. The monoisotopic (exact) mass is 564 g/mol. The first-order valence-corrected chi connectivity index (χ1v) is 15.1. The molecule has 11 nitrogen and oxygen atoms in total. The van der Waals surface area contributed by atoms with Crippen molar-refractivity contribution in [1.29, 1.82) is 5.26 Å². The van der Waals surface area contributed by atoms with E-state index in [-0.39, 0.29) is 17.4 Å². The first-order valence-electron chi connectivity index (χ1n) is 13.1. The van der Waals surface area contributed by atoms with E-state index in [4.69, 9.17) is 5.26 Å². The van der Waals surface area contributed by atoms with Gasteiger partial charge in [-0.2, -0.15) is 5.26 Å². The number of likely N-dealkylation sites (tertiary alicyclic amines) is 1. The maximum atomic E-state index is 12.0. The minimum absolute atomic E-state index is 0.124. The topological polar surface area (TPSA) is 169 Å². The standard InChI is InChI=1S/C13H16N4O2.C13H23NO.CH5NO2S/c1-17-3-2-12-10(7-17)4-9(13(19)16-12)5-11(6-14)15-8-18;1-12(2,3)6-11(15)14-7-9-10(8-14)13(9,4)5;1-5(2,3)4/h4,8,11H,2-3,5,7H2,1H3,(H,15,18)(H,16,19);9-10H,6-8H2,1-5H3;1H3,(H2,2,3,4)/t;9-,10?;/m.0./s1. The molecule has 39 heavy (non-hydrogen) atoms. The molecule has 2 aliphatic heterocycles. The van der Waals surface area contributed by atoms with Crippen molar-refractivity contribution in [1.82, 2.24) is 20.1 Å². The molecule has 0 spiro atoms. The number of nitrogens with zero attached hydrogens (tertiary/aromatic N) is 3. The van der Waals surface area contributed by atoms with E-state index < -0.39 is 16.1 Å². The number of sulfonamides is 1. The number of piperidine rings is 1. The van der Waals surface area contributed by atoms with Gasteiger partial charge < -0.3 is 20.1 Å². The van der Waals surface area contributed by atoms with Crippen molar-refractivity contribution in [3.63, 3.8) is 0 Å². The molecule has 3 heterocycles. The average molecular weight is 565 g/mol. The van der Waals surface area contributed by atoms with Crippen molar-refractivity contribution in [3.8, 4) is 6.07 Å². The zero-order chi connectivity index (χ0) is 29.8. The van der Waals surface area contributed by atoms with E-state index in [1.165, 1.54) is 0 Å². The van der Waals surface area contributed by atoms with Gasteiger partial charge in [-0.1, -0.05) is 34.6 Å². The van der Waals surface area contributed by atoms with Crippen LogP contribution in [0.25, 0.3) is 0 Å². The molecule has 0 radical (unpaired) electrons. The van der Waals surface area contributed by atoms with Gasteiger partial charge in [-0.3, -0.25) is 14.4 Å². The summed E-state index contributed by atoms with van der Waals surface area (Å²) in [6.07, 6.45) is 3.16. The lowest BCUT2D eigenvalue weighted by Crippen LogP contribution is -2.35. The molecule has 1 saturated carbocycles. The van der Waals surface area contributed by atoms with Crippen molar-refractivity contribution in [2.45, 2.75) is 66.5 Å². The summed E-state index contributed by atoms with van der Waals surface area (Å²) in [5.41, 5.74) is 3.07. The minimum atomic E-state index is -3.17. The van der Waals surface area contributed by atoms with E-state index in [0.29, 0.717) is 29.7 Å². The first-order chi connectivity index (χ1) is 17.9. The number of carbonyl (C=O) groups excluding carboxylic acids is 2. The molecule has 2 fully saturated rings. The molecular formula is C27H44N6O5S. The third-order valence-electron chi connectivity index (χ3n) is 7.48. The molecule has 4 rings (SSSR count). The lowest BCUT2D eigenvalue weighted by molar-refractivity contribution is -0.132. The van der Waals surface area contributed by atoms with Gasteiger partial charge in [0.25, 0.3) is 5.56 Å². The van der Waals surface area contributed by atoms with E-state index in [1.807, 2.05) is 19.2 Å². The van der Waals surface area contributed by atoms with Gasteiger partial charge in [-0.05, 0) is 41.3 Å². The van der Waals surface area contributed by atoms with Crippen molar-refractivity contribution in [2.24, 2.45) is 27.8 Å². The highest BCUT2D eigenvalue weighted by Gasteiger charge is 2.62. The van der Waals surface area contributed by atoms with Crippen LogP contribution in [0.5, 0.6) is 0 Å². The number of nitrogens with one attached hydrogen (secondary N) is 2. The predicted molar refractivity (Wildman–Crippen MR) is 150 cm³/mol. The number of primary sulfonamides is 1. The summed E-state index contributed by atoms with van der Waals surface area (Å²) < 4.78 is 18.8. The second-order valence-corrected chi connectivity index (χ2v) is 14.3. The number of nitrogens with two attached hydrogens (primary N) is 1. The van der Waals surface area contributed by atoms with Crippen LogP contribution in [0.3, 0.4) is 0 Å². The predicted octanol–water partition coefficient (Wildman–Crippen LogP) is 0.985. The molecule has 0 bridgehead atoms. The van der Waals surface area contributed by atoms with Gasteiger partial charge in [0.2, 0.25) is 22.3 Å². The van der Waals surface area contributed by atoms with Gasteiger partial charge in [0, 0.05) is 56.7 Å². The van der Waals surface area contributed by atoms with Gasteiger partial charge in [-0.15, -0.1) is 0 Å². The Morgan fingerprint density at radius 2 is 1.90 bits per heavy atom. The van der Waals surface area contributed by atoms with E-state index >= 15 is 0 Å². The van der Waals surface area contributed by atoms with Crippen LogP contribution in [0, 0.1) is 34.0 Å².